The molecule has 69 heavy (non-hydrogen) atoms. The average Bonchev–Trinajstić information content (AvgIpc) is 4.02. The van der Waals surface area contributed by atoms with Crippen LogP contribution in [-0.2, 0) is 33.5 Å². The molecule has 3 saturated carbocycles. The lowest BCUT2D eigenvalue weighted by Crippen LogP contribution is -2.47. The Bertz CT molecular complexity index is 2370. The molecule has 0 bridgehead atoms. The third-order valence-corrected chi connectivity index (χ3v) is 13.8. The second-order valence-electron chi connectivity index (χ2n) is 22.3. The number of nitrogens with two attached hydrogens (primary N) is 1. The summed E-state index contributed by atoms with van der Waals surface area (Å²) in [5.74, 6) is 0.325. The molecule has 2 amide bonds. The number of carbonyl (C=O) groups is 3. The Morgan fingerprint density at radius 3 is 1.52 bits per heavy atom. The van der Waals surface area contributed by atoms with Crippen molar-refractivity contribution >= 4 is 35.0 Å². The molecule has 0 aromatic heterocycles. The SMILES string of the molecule is CC(C)(C)OC(=O)N1CCC2(CC(=O)C2)C1.CC(C)(C)OC(=O)N1CCC2(CC(Nc3cccc(CC#N)c3)C2)C1.N#CCc1cccc(N)c1.N#CCc1cccc(NC2CC3(CCNC3)C2)c1. The normalized spacial score (nSPS) is 23.7. The molecule has 0 unspecified atom stereocenters. The number of likely N-dealkylation sites (tertiary alicyclic amines) is 2. The lowest BCUT2D eigenvalue weighted by Gasteiger charge is -2.45. The van der Waals surface area contributed by atoms with Crippen molar-refractivity contribution in [2.24, 2.45) is 16.2 Å². The lowest BCUT2D eigenvalue weighted by molar-refractivity contribution is -0.132. The van der Waals surface area contributed by atoms with E-state index >= 15 is 0 Å². The highest BCUT2D eigenvalue weighted by molar-refractivity contribution is 5.86. The zero-order chi connectivity index (χ0) is 49.9. The van der Waals surface area contributed by atoms with Gasteiger partial charge in [0.2, 0.25) is 0 Å². The van der Waals surface area contributed by atoms with Gasteiger partial charge in [-0.1, -0.05) is 36.4 Å². The van der Waals surface area contributed by atoms with Crippen LogP contribution in [0.1, 0.15) is 116 Å². The van der Waals surface area contributed by atoms with Crippen LogP contribution in [0, 0.1) is 50.2 Å². The minimum absolute atomic E-state index is 0.0913. The number of nitrogen functional groups attached to an aromatic ring is 1. The van der Waals surface area contributed by atoms with Crippen molar-refractivity contribution in [3.8, 4) is 18.2 Å². The number of ketones is 1. The van der Waals surface area contributed by atoms with Crippen LogP contribution >= 0.6 is 0 Å². The molecule has 3 aromatic rings. The number of hydrogen-bond acceptors (Lipinski definition) is 12. The number of nitrogens with one attached hydrogen (secondary N) is 3. The van der Waals surface area contributed by atoms with Crippen LogP contribution < -0.4 is 21.7 Å². The predicted octanol–water partition coefficient (Wildman–Crippen LogP) is 9.57. The van der Waals surface area contributed by atoms with Crippen molar-refractivity contribution in [3.05, 3.63) is 89.5 Å². The molecule has 3 aliphatic carbocycles. The first kappa shape index (κ1) is 52.1. The summed E-state index contributed by atoms with van der Waals surface area (Å²) in [5, 5.41) is 36.5. The van der Waals surface area contributed by atoms with Crippen molar-refractivity contribution in [2.45, 2.75) is 142 Å². The second-order valence-corrected chi connectivity index (χ2v) is 22.3. The number of amides is 2. The number of anilines is 3. The zero-order valence-electron chi connectivity index (χ0n) is 41.7. The maximum absolute atomic E-state index is 12.2. The Kier molecular flexibility index (Phi) is 16.9. The Labute approximate surface area is 409 Å². The molecule has 14 nitrogen and oxygen atoms in total. The van der Waals surface area contributed by atoms with E-state index in [1.165, 1.54) is 32.4 Å². The highest BCUT2D eigenvalue weighted by atomic mass is 16.6. The Balaban J connectivity index is 0.000000158. The smallest absolute Gasteiger partial charge is 0.410 e. The molecule has 5 N–H and O–H groups in total. The van der Waals surface area contributed by atoms with E-state index in [2.05, 4.69) is 52.4 Å². The number of carbonyl (C=O) groups excluding carboxylic acids is 3. The molecule has 6 fully saturated rings. The van der Waals surface area contributed by atoms with Crippen molar-refractivity contribution in [3.63, 3.8) is 0 Å². The Morgan fingerprint density at radius 2 is 1.10 bits per heavy atom. The van der Waals surface area contributed by atoms with Crippen LogP contribution in [0.3, 0.4) is 0 Å². The van der Waals surface area contributed by atoms with Crippen LogP contribution in [0.4, 0.5) is 26.7 Å². The van der Waals surface area contributed by atoms with Crippen molar-refractivity contribution in [2.75, 3.05) is 55.6 Å². The number of nitrogens with zero attached hydrogens (tertiary/aromatic N) is 5. The van der Waals surface area contributed by atoms with Gasteiger partial charge < -0.3 is 41.0 Å². The highest BCUT2D eigenvalue weighted by Gasteiger charge is 2.51. The van der Waals surface area contributed by atoms with Gasteiger partial charge in [-0.15, -0.1) is 0 Å². The predicted molar refractivity (Wildman–Crippen MR) is 269 cm³/mol. The monoisotopic (exact) mass is 940 g/mol. The largest absolute Gasteiger partial charge is 0.444 e. The molecule has 9 rings (SSSR count). The van der Waals surface area contributed by atoms with E-state index in [0.717, 1.165) is 73.4 Å². The van der Waals surface area contributed by atoms with Crippen LogP contribution in [0.25, 0.3) is 0 Å². The van der Waals surface area contributed by atoms with Crippen molar-refractivity contribution in [1.29, 1.82) is 15.8 Å². The molecular formula is C55H73N9O5. The molecule has 3 spiro atoms. The summed E-state index contributed by atoms with van der Waals surface area (Å²) in [4.78, 5) is 38.6. The second kappa shape index (κ2) is 22.4. The fourth-order valence-corrected chi connectivity index (χ4v) is 10.6. The van der Waals surface area contributed by atoms with E-state index in [-0.39, 0.29) is 23.0 Å². The number of benzene rings is 3. The van der Waals surface area contributed by atoms with E-state index < -0.39 is 11.2 Å². The quantitative estimate of drug-likeness (QED) is 0.163. The third kappa shape index (κ3) is 15.3. The van der Waals surface area contributed by atoms with Gasteiger partial charge in [0.05, 0.1) is 37.5 Å². The summed E-state index contributed by atoms with van der Waals surface area (Å²) >= 11 is 0. The number of Topliss-reactive ketones (excluding diaryl/α,β-unsaturated/α-hetero) is 1. The van der Waals surface area contributed by atoms with E-state index in [1.54, 1.807) is 11.0 Å². The van der Waals surface area contributed by atoms with Gasteiger partial charge >= 0.3 is 12.2 Å². The lowest BCUT2D eigenvalue weighted by atomic mass is 9.65. The molecule has 14 heteroatoms. The molecule has 3 heterocycles. The summed E-state index contributed by atoms with van der Waals surface area (Å²) < 4.78 is 10.8. The fourth-order valence-electron chi connectivity index (χ4n) is 10.6. The van der Waals surface area contributed by atoms with Gasteiger partial charge in [0.15, 0.2) is 0 Å². The van der Waals surface area contributed by atoms with Crippen molar-refractivity contribution in [1.82, 2.24) is 15.1 Å². The van der Waals surface area contributed by atoms with Gasteiger partial charge in [0, 0.05) is 80.1 Å². The fraction of sp³-hybridized carbons (Fsp3) is 0.564. The third-order valence-electron chi connectivity index (χ3n) is 13.8. The van der Waals surface area contributed by atoms with Crippen molar-refractivity contribution < 1.29 is 23.9 Å². The van der Waals surface area contributed by atoms with Gasteiger partial charge in [0.25, 0.3) is 0 Å². The standard InChI is InChI=1S/C20H27N3O2.C15H19N3.C12H19NO3.C8H8N2/c1-19(2,3)25-18(24)23-10-8-20(14-23)12-17(13-20)22-16-6-4-5-15(11-16)7-9-21;16-6-4-12-2-1-3-13(8-12)18-14-9-15(10-14)5-7-17-11-15;1-11(2,3)16-10(15)13-5-4-12(8-13)6-9(14)7-12;9-5-4-7-2-1-3-8(10)6-7/h4-6,11,17,22H,7-8,10,12-14H2,1-3H3;1-3,8,14,17-18H,4-5,7,9-11H2;4-8H2,1-3H3;1-3,6H,4,10H2. The Hall–Kier alpha value is -6.30. The van der Waals surface area contributed by atoms with E-state index in [9.17, 15) is 14.4 Å². The molecular weight excluding hydrogens is 867 g/mol. The van der Waals surface area contributed by atoms with Crippen LogP contribution in [-0.4, -0.2) is 90.3 Å². The first-order chi connectivity index (χ1) is 32.7. The van der Waals surface area contributed by atoms with Gasteiger partial charge in [0.1, 0.15) is 17.0 Å². The maximum atomic E-state index is 12.2. The topological polar surface area (TPSA) is 210 Å². The summed E-state index contributed by atoms with van der Waals surface area (Å²) in [6.07, 6.45) is 10.3. The minimum atomic E-state index is -0.442. The molecule has 0 radical (unpaired) electrons. The number of ether oxygens (including phenoxy) is 2. The number of nitriles is 3. The van der Waals surface area contributed by atoms with E-state index in [4.69, 9.17) is 31.0 Å². The molecule has 6 aliphatic rings. The van der Waals surface area contributed by atoms with Gasteiger partial charge in [-0.3, -0.25) is 4.79 Å². The van der Waals surface area contributed by atoms with E-state index in [1.807, 2.05) is 95.0 Å². The van der Waals surface area contributed by atoms with Crippen LogP contribution in [0.5, 0.6) is 0 Å². The number of rotatable bonds is 7. The molecule has 0 atom stereocenters. The average molecular weight is 940 g/mol. The molecule has 3 aliphatic heterocycles. The molecule has 368 valence electrons. The van der Waals surface area contributed by atoms with Gasteiger partial charge in [-0.2, -0.15) is 15.8 Å². The van der Waals surface area contributed by atoms with Gasteiger partial charge in [-0.25, -0.2) is 9.59 Å². The maximum Gasteiger partial charge on any atom is 0.410 e. The summed E-state index contributed by atoms with van der Waals surface area (Å²) in [7, 11) is 0. The van der Waals surface area contributed by atoms with E-state index in [0.29, 0.717) is 67.6 Å². The first-order valence-electron chi connectivity index (χ1n) is 24.6. The minimum Gasteiger partial charge on any atom is -0.444 e. The van der Waals surface area contributed by atoms with Crippen LogP contribution in [0.15, 0.2) is 72.8 Å². The highest BCUT2D eigenvalue weighted by Crippen LogP contribution is 2.50. The van der Waals surface area contributed by atoms with Gasteiger partial charge in [-0.05, 0) is 157 Å². The first-order valence-corrected chi connectivity index (χ1v) is 24.6. The Morgan fingerprint density at radius 1 is 0.667 bits per heavy atom. The molecule has 3 aromatic carbocycles. The molecule has 3 saturated heterocycles. The van der Waals surface area contributed by atoms with Crippen LogP contribution in [0.2, 0.25) is 0 Å². The summed E-state index contributed by atoms with van der Waals surface area (Å²) in [5.41, 5.74) is 11.6. The number of hydrogen-bond donors (Lipinski definition) is 4. The summed E-state index contributed by atoms with van der Waals surface area (Å²) in [6.45, 7) is 16.7. The summed E-state index contributed by atoms with van der Waals surface area (Å²) in [6, 6.07) is 31.1. The zero-order valence-corrected chi connectivity index (χ0v) is 41.7.